The van der Waals surface area contributed by atoms with E-state index in [0.717, 1.165) is 6.92 Å². The molecule has 0 aromatic rings. The van der Waals surface area contributed by atoms with Crippen molar-refractivity contribution in [3.05, 3.63) is 24.3 Å². The van der Waals surface area contributed by atoms with Gasteiger partial charge in [0.15, 0.2) is 11.7 Å². The molecule has 44 heavy (non-hydrogen) atoms. The second-order valence-corrected chi connectivity index (χ2v) is 13.3. The van der Waals surface area contributed by atoms with Gasteiger partial charge in [0.25, 0.3) is 0 Å². The number of rotatable bonds is 6. The molecule has 1 saturated carbocycles. The highest BCUT2D eigenvalue weighted by Crippen LogP contribution is 2.63. The van der Waals surface area contributed by atoms with Crippen LogP contribution < -0.4 is 0 Å². The van der Waals surface area contributed by atoms with E-state index in [-0.39, 0.29) is 30.9 Å². The molecule has 2 saturated heterocycles. The first kappa shape index (κ1) is 33.9. The summed E-state index contributed by atoms with van der Waals surface area (Å²) in [4.78, 5) is 64.0. The Morgan fingerprint density at radius 2 is 1.66 bits per heavy atom. The lowest BCUT2D eigenvalue weighted by Gasteiger charge is -2.57. The summed E-state index contributed by atoms with van der Waals surface area (Å²) in [5.74, 6) is -6.06. The van der Waals surface area contributed by atoms with Gasteiger partial charge in [0, 0.05) is 39.5 Å². The van der Waals surface area contributed by atoms with E-state index in [1.165, 1.54) is 32.9 Å². The second-order valence-electron chi connectivity index (χ2n) is 12.9. The third-order valence-corrected chi connectivity index (χ3v) is 9.82. The number of alkyl halides is 1. The maximum Gasteiger partial charge on any atom is 0.312 e. The number of allylic oxidation sites excluding steroid dienone is 1. The maximum atomic E-state index is 13.1. The Bertz CT molecular complexity index is 1260. The third-order valence-electron chi connectivity index (χ3n) is 9.31. The zero-order chi connectivity index (χ0) is 32.9. The Hall–Kier alpha value is -2.96. The van der Waals surface area contributed by atoms with Gasteiger partial charge in [0.05, 0.1) is 23.3 Å². The van der Waals surface area contributed by atoms with E-state index in [0.29, 0.717) is 0 Å². The topological polar surface area (TPSA) is 164 Å². The highest BCUT2D eigenvalue weighted by Gasteiger charge is 2.78. The van der Waals surface area contributed by atoms with Crippen molar-refractivity contribution in [2.45, 2.75) is 108 Å². The van der Waals surface area contributed by atoms with Gasteiger partial charge < -0.3 is 33.5 Å². The Morgan fingerprint density at radius 3 is 2.18 bits per heavy atom. The first-order chi connectivity index (χ1) is 20.4. The minimum atomic E-state index is -2.29. The van der Waals surface area contributed by atoms with Gasteiger partial charge in [-0.25, -0.2) is 0 Å². The number of esters is 5. The molecule has 2 heterocycles. The lowest BCUT2D eigenvalue weighted by atomic mass is 9.52. The van der Waals surface area contributed by atoms with Crippen LogP contribution in [0, 0.1) is 23.2 Å². The van der Waals surface area contributed by atoms with Crippen LogP contribution in [0.1, 0.15) is 61.3 Å². The predicted octanol–water partition coefficient (Wildman–Crippen LogP) is 2.56. The van der Waals surface area contributed by atoms with Crippen LogP contribution >= 0.6 is 11.6 Å². The Morgan fingerprint density at radius 1 is 1.07 bits per heavy atom. The van der Waals surface area contributed by atoms with Gasteiger partial charge in [-0.1, -0.05) is 33.4 Å². The molecule has 3 fully saturated rings. The van der Waals surface area contributed by atoms with E-state index < -0.39 is 94.2 Å². The fraction of sp³-hybridized carbons (Fsp3) is 0.710. The van der Waals surface area contributed by atoms with E-state index in [4.69, 9.17) is 40.0 Å². The number of ether oxygens (including phenoxy) is 6. The molecule has 0 bridgehead atoms. The van der Waals surface area contributed by atoms with Crippen molar-refractivity contribution < 1.29 is 57.5 Å². The highest BCUT2D eigenvalue weighted by molar-refractivity contribution is 6.23. The number of hydrogen-bond donors (Lipinski definition) is 1. The van der Waals surface area contributed by atoms with Gasteiger partial charge in [-0.15, -0.1) is 11.6 Å². The molecule has 0 aromatic carbocycles. The van der Waals surface area contributed by atoms with Gasteiger partial charge in [0.1, 0.15) is 30.0 Å². The molecule has 11 unspecified atom stereocenters. The molecule has 1 spiro atoms. The van der Waals surface area contributed by atoms with Crippen molar-refractivity contribution in [2.75, 3.05) is 6.61 Å². The van der Waals surface area contributed by atoms with E-state index >= 15 is 0 Å². The smallest absolute Gasteiger partial charge is 0.312 e. The molecule has 11 atom stereocenters. The zero-order valence-electron chi connectivity index (χ0n) is 26.0. The van der Waals surface area contributed by atoms with Crippen LogP contribution in [0.3, 0.4) is 0 Å². The summed E-state index contributed by atoms with van der Waals surface area (Å²) in [7, 11) is 0. The van der Waals surface area contributed by atoms with Crippen LogP contribution in [0.15, 0.2) is 24.3 Å². The minimum absolute atomic E-state index is 0.0190. The SMILES string of the molecule is C=C1C=CC(OC(C)=O)C2(C)C(OC(C)=O)CC(OC(=O)CC(C)C)C3(CO3)C2C(OC(C)=O)C2(O)C(C)C(=O)OC2C1Cl. The molecule has 0 aromatic heterocycles. The van der Waals surface area contributed by atoms with Gasteiger partial charge in [-0.2, -0.15) is 0 Å². The van der Waals surface area contributed by atoms with Crippen molar-refractivity contribution in [1.82, 2.24) is 0 Å². The molecular formula is C31H41ClO12. The van der Waals surface area contributed by atoms with E-state index in [1.54, 1.807) is 6.92 Å². The highest BCUT2D eigenvalue weighted by atomic mass is 35.5. The number of halogens is 1. The lowest BCUT2D eigenvalue weighted by Crippen LogP contribution is -2.72. The quantitative estimate of drug-likeness (QED) is 0.196. The summed E-state index contributed by atoms with van der Waals surface area (Å²) in [5.41, 5.74) is -5.03. The van der Waals surface area contributed by atoms with Crippen LogP contribution in [-0.2, 0) is 52.4 Å². The molecule has 244 valence electrons. The number of aliphatic hydroxyl groups is 1. The number of carbonyl (C=O) groups excluding carboxylic acids is 5. The number of carbonyl (C=O) groups is 5. The monoisotopic (exact) mass is 640 g/mol. The van der Waals surface area contributed by atoms with Crippen molar-refractivity contribution >= 4 is 41.4 Å². The van der Waals surface area contributed by atoms with Crippen LogP contribution in [-0.4, -0.2) is 88.7 Å². The fourth-order valence-corrected chi connectivity index (χ4v) is 7.47. The molecule has 2 aliphatic carbocycles. The summed E-state index contributed by atoms with van der Waals surface area (Å²) in [5, 5.41) is 11.5. The summed E-state index contributed by atoms with van der Waals surface area (Å²) in [6, 6.07) is 0. The summed E-state index contributed by atoms with van der Waals surface area (Å²) in [6.45, 7) is 14.3. The molecular weight excluding hydrogens is 600 g/mol. The van der Waals surface area contributed by atoms with Crippen LogP contribution in [0.4, 0.5) is 0 Å². The Labute approximate surface area is 261 Å². The molecule has 0 radical (unpaired) electrons. The van der Waals surface area contributed by atoms with E-state index in [9.17, 15) is 29.1 Å². The predicted molar refractivity (Wildman–Crippen MR) is 153 cm³/mol. The molecule has 4 aliphatic rings. The molecule has 2 aliphatic heterocycles. The van der Waals surface area contributed by atoms with Crippen molar-refractivity contribution in [1.29, 1.82) is 0 Å². The van der Waals surface area contributed by atoms with Gasteiger partial charge in [0.2, 0.25) is 0 Å². The normalized spacial score (nSPS) is 41.2. The van der Waals surface area contributed by atoms with Gasteiger partial charge in [-0.05, 0) is 24.5 Å². The van der Waals surface area contributed by atoms with Crippen LogP contribution in [0.2, 0.25) is 0 Å². The Kier molecular flexibility index (Phi) is 9.32. The second kappa shape index (κ2) is 12.1. The van der Waals surface area contributed by atoms with Crippen molar-refractivity contribution in [2.24, 2.45) is 23.2 Å². The van der Waals surface area contributed by atoms with Crippen LogP contribution in [0.5, 0.6) is 0 Å². The largest absolute Gasteiger partial charge is 0.462 e. The summed E-state index contributed by atoms with van der Waals surface area (Å²) in [6.07, 6.45) is -3.46. The van der Waals surface area contributed by atoms with Crippen molar-refractivity contribution in [3.63, 3.8) is 0 Å². The Balaban J connectivity index is 2.06. The fourth-order valence-electron chi connectivity index (χ4n) is 7.15. The average Bonchev–Trinajstić information content (AvgIpc) is 3.65. The molecule has 1 N–H and O–H groups in total. The van der Waals surface area contributed by atoms with E-state index in [1.807, 2.05) is 13.8 Å². The minimum Gasteiger partial charge on any atom is -0.462 e. The lowest BCUT2D eigenvalue weighted by molar-refractivity contribution is -0.254. The molecule has 13 heteroatoms. The van der Waals surface area contributed by atoms with Gasteiger partial charge >= 0.3 is 29.8 Å². The number of fused-ring (bicyclic) bond motifs is 3. The van der Waals surface area contributed by atoms with Crippen molar-refractivity contribution in [3.8, 4) is 0 Å². The summed E-state index contributed by atoms with van der Waals surface area (Å²) >= 11 is 6.78. The van der Waals surface area contributed by atoms with Gasteiger partial charge in [-0.3, -0.25) is 24.0 Å². The number of epoxide rings is 1. The number of hydrogen-bond acceptors (Lipinski definition) is 12. The van der Waals surface area contributed by atoms with E-state index in [2.05, 4.69) is 6.58 Å². The molecule has 0 amide bonds. The first-order valence-electron chi connectivity index (χ1n) is 14.7. The molecule has 4 rings (SSSR count). The standard InChI is InChI=1S/C31H41ClO12/c1-14(2)11-23(36)43-22-12-21(41-18(6)34)29(8)20(40-17(5)33)10-9-15(3)24(32)26-31(38,16(4)28(37)44-26)27(42-19(7)35)25(29)30(22)13-39-30/h9-10,14,16,20-22,24-27,38H,3,11-13H2,1-2,4-8H3. The first-order valence-corrected chi connectivity index (χ1v) is 15.1. The maximum absolute atomic E-state index is 13.1. The van der Waals surface area contributed by atoms with Crippen LogP contribution in [0.25, 0.3) is 0 Å². The summed E-state index contributed by atoms with van der Waals surface area (Å²) < 4.78 is 35.4. The molecule has 12 nitrogen and oxygen atoms in total. The zero-order valence-corrected chi connectivity index (χ0v) is 26.8. The third kappa shape index (κ3) is 5.76. The average molecular weight is 641 g/mol.